The van der Waals surface area contributed by atoms with Crippen molar-refractivity contribution in [1.82, 2.24) is 10.3 Å². The van der Waals surface area contributed by atoms with Gasteiger partial charge in [0, 0.05) is 18.8 Å². The molecule has 0 saturated carbocycles. The lowest BCUT2D eigenvalue weighted by molar-refractivity contribution is -0.127. The molecule has 0 aromatic carbocycles. The zero-order valence-electron chi connectivity index (χ0n) is 11.9. The number of carbonyl (C=O) groups is 1. The lowest BCUT2D eigenvalue weighted by Crippen LogP contribution is -2.47. The van der Waals surface area contributed by atoms with Crippen molar-refractivity contribution in [2.24, 2.45) is 16.3 Å². The number of aromatic nitrogens is 1. The molecule has 7 heteroatoms. The maximum Gasteiger partial charge on any atom is 0.233 e. The van der Waals surface area contributed by atoms with Crippen molar-refractivity contribution in [3.8, 4) is 5.88 Å². The van der Waals surface area contributed by atoms with Crippen LogP contribution in [-0.2, 0) is 11.3 Å². The molecule has 1 atom stereocenters. The summed E-state index contributed by atoms with van der Waals surface area (Å²) in [4.78, 5) is 16.2. The Morgan fingerprint density at radius 1 is 1.60 bits per heavy atom. The molecule has 1 unspecified atom stereocenters. The Hall–Kier alpha value is -2.31. The summed E-state index contributed by atoms with van der Waals surface area (Å²) in [5.41, 5.74) is 5.38. The fourth-order valence-electron chi connectivity index (χ4n) is 1.58. The van der Waals surface area contributed by atoms with E-state index in [9.17, 15) is 4.79 Å². The van der Waals surface area contributed by atoms with Gasteiger partial charge in [0.15, 0.2) is 5.84 Å². The van der Waals surface area contributed by atoms with E-state index in [-0.39, 0.29) is 11.7 Å². The fraction of sp³-hybridized carbons (Fsp3) is 0.462. The summed E-state index contributed by atoms with van der Waals surface area (Å²) in [5.74, 6) is 0.103. The number of hydrogen-bond acceptors (Lipinski definition) is 5. The molecule has 1 aromatic rings. The van der Waals surface area contributed by atoms with Crippen LogP contribution < -0.4 is 15.8 Å². The lowest BCUT2D eigenvalue weighted by atomic mass is 9.85. The zero-order chi connectivity index (χ0) is 15.2. The number of carbonyl (C=O) groups excluding carboxylic acids is 1. The van der Waals surface area contributed by atoms with Crippen LogP contribution in [0.1, 0.15) is 25.8 Å². The normalized spacial score (nSPS) is 14.4. The second-order valence-electron chi connectivity index (χ2n) is 4.56. The van der Waals surface area contributed by atoms with Gasteiger partial charge in [0.05, 0.1) is 7.11 Å². The summed E-state index contributed by atoms with van der Waals surface area (Å²) in [6.07, 6.45) is 2.04. The van der Waals surface area contributed by atoms with Gasteiger partial charge in [-0.05, 0) is 18.9 Å². The quantitative estimate of drug-likeness (QED) is 0.310. The van der Waals surface area contributed by atoms with Gasteiger partial charge in [-0.15, -0.1) is 0 Å². The van der Waals surface area contributed by atoms with E-state index in [1.165, 1.54) is 7.11 Å². The summed E-state index contributed by atoms with van der Waals surface area (Å²) in [6.45, 7) is 3.74. The highest BCUT2D eigenvalue weighted by Crippen LogP contribution is 2.21. The molecule has 1 heterocycles. The molecule has 0 aliphatic heterocycles. The molecular weight excluding hydrogens is 260 g/mol. The standard InChI is InChI=1S/C13H20N4O3/c1-4-13(2,11(14)17-19)12(18)16-8-9-5-6-10(20-3)15-7-9/h5-7,19H,4,8H2,1-3H3,(H2,14,17)(H,16,18). The third kappa shape index (κ3) is 3.37. The van der Waals surface area contributed by atoms with Gasteiger partial charge < -0.3 is 21.0 Å². The maximum absolute atomic E-state index is 12.2. The number of hydrogen-bond donors (Lipinski definition) is 3. The number of nitrogens with two attached hydrogens (primary N) is 1. The van der Waals surface area contributed by atoms with E-state index in [0.29, 0.717) is 18.8 Å². The number of nitrogens with one attached hydrogen (secondary N) is 1. The van der Waals surface area contributed by atoms with E-state index in [1.54, 1.807) is 32.2 Å². The molecule has 0 radical (unpaired) electrons. The first-order valence-corrected chi connectivity index (χ1v) is 6.23. The third-order valence-corrected chi connectivity index (χ3v) is 3.34. The Balaban J connectivity index is 2.70. The highest BCUT2D eigenvalue weighted by molar-refractivity contribution is 6.06. The highest BCUT2D eigenvalue weighted by atomic mass is 16.5. The van der Waals surface area contributed by atoms with E-state index >= 15 is 0 Å². The topological polar surface area (TPSA) is 110 Å². The van der Waals surface area contributed by atoms with Crippen molar-refractivity contribution >= 4 is 11.7 Å². The summed E-state index contributed by atoms with van der Waals surface area (Å²) in [5, 5.41) is 14.4. The SMILES string of the molecule is CCC(C)(C(=O)NCc1ccc(OC)nc1)/C(N)=N/O. The van der Waals surface area contributed by atoms with Gasteiger partial charge in [-0.3, -0.25) is 4.79 Å². The monoisotopic (exact) mass is 280 g/mol. The number of ether oxygens (including phenoxy) is 1. The Morgan fingerprint density at radius 3 is 2.75 bits per heavy atom. The number of amidine groups is 1. The largest absolute Gasteiger partial charge is 0.481 e. The van der Waals surface area contributed by atoms with Gasteiger partial charge in [-0.25, -0.2) is 4.98 Å². The van der Waals surface area contributed by atoms with Gasteiger partial charge in [0.25, 0.3) is 0 Å². The van der Waals surface area contributed by atoms with Crippen molar-refractivity contribution in [2.75, 3.05) is 7.11 Å². The molecular formula is C13H20N4O3. The van der Waals surface area contributed by atoms with Gasteiger partial charge in [0.2, 0.25) is 11.8 Å². The van der Waals surface area contributed by atoms with Crippen molar-refractivity contribution in [1.29, 1.82) is 0 Å². The second-order valence-corrected chi connectivity index (χ2v) is 4.56. The molecule has 0 bridgehead atoms. The predicted molar refractivity (Wildman–Crippen MR) is 74.4 cm³/mol. The van der Waals surface area contributed by atoms with Crippen LogP contribution in [0.25, 0.3) is 0 Å². The lowest BCUT2D eigenvalue weighted by Gasteiger charge is -2.25. The van der Waals surface area contributed by atoms with Crippen LogP contribution in [0.2, 0.25) is 0 Å². The average Bonchev–Trinajstić information content (AvgIpc) is 2.51. The first-order valence-electron chi connectivity index (χ1n) is 6.23. The fourth-order valence-corrected chi connectivity index (χ4v) is 1.58. The Bertz CT molecular complexity index is 487. The van der Waals surface area contributed by atoms with Gasteiger partial charge in [0.1, 0.15) is 5.41 Å². The predicted octanol–water partition coefficient (Wildman–Crippen LogP) is 0.869. The van der Waals surface area contributed by atoms with Crippen LogP contribution in [0.15, 0.2) is 23.5 Å². The van der Waals surface area contributed by atoms with Crippen LogP contribution in [-0.4, -0.2) is 29.0 Å². The van der Waals surface area contributed by atoms with E-state index in [4.69, 9.17) is 15.7 Å². The van der Waals surface area contributed by atoms with Crippen molar-refractivity contribution in [2.45, 2.75) is 26.8 Å². The highest BCUT2D eigenvalue weighted by Gasteiger charge is 2.36. The number of amides is 1. The smallest absolute Gasteiger partial charge is 0.233 e. The molecule has 0 aliphatic rings. The van der Waals surface area contributed by atoms with Gasteiger partial charge in [-0.1, -0.05) is 18.1 Å². The molecule has 0 fully saturated rings. The van der Waals surface area contributed by atoms with E-state index in [2.05, 4.69) is 15.5 Å². The molecule has 20 heavy (non-hydrogen) atoms. The van der Waals surface area contributed by atoms with E-state index in [1.807, 2.05) is 0 Å². The minimum absolute atomic E-state index is 0.106. The van der Waals surface area contributed by atoms with E-state index in [0.717, 1.165) is 5.56 Å². The zero-order valence-corrected chi connectivity index (χ0v) is 11.9. The van der Waals surface area contributed by atoms with Crippen molar-refractivity contribution < 1.29 is 14.7 Å². The average molecular weight is 280 g/mol. The van der Waals surface area contributed by atoms with Crippen molar-refractivity contribution in [3.63, 3.8) is 0 Å². The molecule has 0 aliphatic carbocycles. The third-order valence-electron chi connectivity index (χ3n) is 3.34. The first-order chi connectivity index (χ1) is 9.47. The molecule has 0 saturated heterocycles. The summed E-state index contributed by atoms with van der Waals surface area (Å²) >= 11 is 0. The van der Waals surface area contributed by atoms with E-state index < -0.39 is 5.41 Å². The minimum atomic E-state index is -1.03. The van der Waals surface area contributed by atoms with Gasteiger partial charge in [-0.2, -0.15) is 0 Å². The Morgan fingerprint density at radius 2 is 2.30 bits per heavy atom. The van der Waals surface area contributed by atoms with Crippen LogP contribution in [0.3, 0.4) is 0 Å². The number of pyridine rings is 1. The number of nitrogens with zero attached hydrogens (tertiary/aromatic N) is 2. The second kappa shape index (κ2) is 6.74. The molecule has 4 N–H and O–H groups in total. The van der Waals surface area contributed by atoms with Gasteiger partial charge >= 0.3 is 0 Å². The van der Waals surface area contributed by atoms with Crippen LogP contribution in [0.4, 0.5) is 0 Å². The Kier molecular flexibility index (Phi) is 5.31. The summed E-state index contributed by atoms with van der Waals surface area (Å²) < 4.78 is 4.95. The molecule has 110 valence electrons. The number of methoxy groups -OCH3 is 1. The molecule has 1 amide bonds. The summed E-state index contributed by atoms with van der Waals surface area (Å²) in [7, 11) is 1.54. The van der Waals surface area contributed by atoms with Crippen LogP contribution in [0, 0.1) is 5.41 Å². The molecule has 1 rings (SSSR count). The summed E-state index contributed by atoms with van der Waals surface area (Å²) in [6, 6.07) is 3.52. The maximum atomic E-state index is 12.2. The molecule has 1 aromatic heterocycles. The number of oxime groups is 1. The Labute approximate surface area is 117 Å². The molecule has 0 spiro atoms. The first kappa shape index (κ1) is 15.7. The van der Waals surface area contributed by atoms with Crippen LogP contribution in [0.5, 0.6) is 5.88 Å². The molecule has 7 nitrogen and oxygen atoms in total. The van der Waals surface area contributed by atoms with Crippen LogP contribution >= 0.6 is 0 Å². The number of rotatable bonds is 6. The van der Waals surface area contributed by atoms with Crippen molar-refractivity contribution in [3.05, 3.63) is 23.9 Å². The minimum Gasteiger partial charge on any atom is -0.481 e.